The second kappa shape index (κ2) is 11.7. The summed E-state index contributed by atoms with van der Waals surface area (Å²) in [6.45, 7) is -1.25. The minimum Gasteiger partial charge on any atom is -0.448 e. The summed E-state index contributed by atoms with van der Waals surface area (Å²) in [7, 11) is 0. The van der Waals surface area contributed by atoms with Crippen molar-refractivity contribution >= 4 is 36.1 Å². The lowest BCUT2D eigenvalue weighted by Crippen LogP contribution is -2.69. The number of hydrogen-bond donors (Lipinski definition) is 2. The maximum Gasteiger partial charge on any atom is 0.407 e. The molecule has 36 heavy (non-hydrogen) atoms. The van der Waals surface area contributed by atoms with Crippen LogP contribution >= 0.6 is 11.8 Å². The molecular formula is C25H24FN3O6S. The number of β-lactam (4-membered cyclic amide) rings is 1. The number of amides is 3. The van der Waals surface area contributed by atoms with E-state index in [-0.39, 0.29) is 24.6 Å². The van der Waals surface area contributed by atoms with E-state index in [1.165, 1.54) is 16.7 Å². The number of esters is 1. The SMILES string of the molecule is O=CN[C@@H]1C(=O)N2C(C(=O)OC(c3ccccc3)c3ccccc3)=C(COC(=O)NCCF)CS[C@H]12. The van der Waals surface area contributed by atoms with Crippen LogP contribution in [0.25, 0.3) is 0 Å². The predicted octanol–water partition coefficient (Wildman–Crippen LogP) is 2.30. The van der Waals surface area contributed by atoms with Crippen molar-refractivity contribution in [3.63, 3.8) is 0 Å². The summed E-state index contributed by atoms with van der Waals surface area (Å²) in [5, 5.41) is 4.22. The normalized spacial score (nSPS) is 18.7. The van der Waals surface area contributed by atoms with Gasteiger partial charge in [-0.15, -0.1) is 11.8 Å². The highest BCUT2D eigenvalue weighted by atomic mass is 32.2. The predicted molar refractivity (Wildman–Crippen MR) is 129 cm³/mol. The van der Waals surface area contributed by atoms with Crippen molar-refractivity contribution in [1.82, 2.24) is 15.5 Å². The van der Waals surface area contributed by atoms with Gasteiger partial charge in [-0.2, -0.15) is 0 Å². The van der Waals surface area contributed by atoms with Gasteiger partial charge in [0, 0.05) is 17.9 Å². The largest absolute Gasteiger partial charge is 0.448 e. The Hall–Kier alpha value is -3.86. The van der Waals surface area contributed by atoms with E-state index in [9.17, 15) is 23.6 Å². The number of alkyl halides is 1. The summed E-state index contributed by atoms with van der Waals surface area (Å²) >= 11 is 1.32. The third-order valence-corrected chi connectivity index (χ3v) is 7.00. The average Bonchev–Trinajstić information content (AvgIpc) is 2.92. The lowest BCUT2D eigenvalue weighted by atomic mass is 10.0. The minimum atomic E-state index is -0.845. The molecule has 0 aromatic heterocycles. The molecule has 4 rings (SSSR count). The first-order valence-electron chi connectivity index (χ1n) is 11.2. The van der Waals surface area contributed by atoms with Crippen LogP contribution in [-0.2, 0) is 23.9 Å². The van der Waals surface area contributed by atoms with Crippen molar-refractivity contribution in [1.29, 1.82) is 0 Å². The lowest BCUT2D eigenvalue weighted by Gasteiger charge is -2.49. The summed E-state index contributed by atoms with van der Waals surface area (Å²) in [6, 6.07) is 17.6. The quantitative estimate of drug-likeness (QED) is 0.285. The second-order valence-electron chi connectivity index (χ2n) is 7.92. The summed E-state index contributed by atoms with van der Waals surface area (Å²) in [5.41, 5.74) is 1.81. The van der Waals surface area contributed by atoms with E-state index in [4.69, 9.17) is 9.47 Å². The number of hydrogen-bond acceptors (Lipinski definition) is 7. The molecule has 0 unspecified atom stereocenters. The number of ether oxygens (including phenoxy) is 2. The fourth-order valence-corrected chi connectivity index (χ4v) is 5.31. The molecular weight excluding hydrogens is 489 g/mol. The average molecular weight is 514 g/mol. The molecule has 2 aromatic rings. The topological polar surface area (TPSA) is 114 Å². The molecule has 0 radical (unpaired) electrons. The highest BCUT2D eigenvalue weighted by molar-refractivity contribution is 8.00. The first-order chi connectivity index (χ1) is 17.5. The molecule has 188 valence electrons. The maximum atomic E-state index is 13.6. The monoisotopic (exact) mass is 513 g/mol. The third-order valence-electron chi connectivity index (χ3n) is 5.66. The lowest BCUT2D eigenvalue weighted by molar-refractivity contribution is -0.154. The number of benzene rings is 2. The van der Waals surface area contributed by atoms with Gasteiger partial charge in [0.25, 0.3) is 5.91 Å². The Morgan fingerprint density at radius 1 is 1.11 bits per heavy atom. The van der Waals surface area contributed by atoms with Gasteiger partial charge in [-0.1, -0.05) is 60.7 Å². The fraction of sp³-hybridized carbons (Fsp3) is 0.280. The molecule has 0 spiro atoms. The molecule has 9 nitrogen and oxygen atoms in total. The number of alkyl carbamates (subject to hydrolysis) is 1. The second-order valence-corrected chi connectivity index (χ2v) is 9.03. The van der Waals surface area contributed by atoms with Gasteiger partial charge in [0.1, 0.15) is 30.4 Å². The van der Waals surface area contributed by atoms with Crippen LogP contribution in [0.15, 0.2) is 71.9 Å². The molecule has 11 heteroatoms. The summed E-state index contributed by atoms with van der Waals surface area (Å²) < 4.78 is 23.5. The Morgan fingerprint density at radius 3 is 2.33 bits per heavy atom. The van der Waals surface area contributed by atoms with E-state index in [1.54, 1.807) is 0 Å². The van der Waals surface area contributed by atoms with Gasteiger partial charge < -0.3 is 20.1 Å². The highest BCUT2D eigenvalue weighted by Crippen LogP contribution is 2.41. The van der Waals surface area contributed by atoms with Gasteiger partial charge in [-0.05, 0) is 11.1 Å². The first kappa shape index (κ1) is 25.2. The summed E-state index contributed by atoms with van der Waals surface area (Å²) in [6.07, 6.45) is -1.16. The summed E-state index contributed by atoms with van der Waals surface area (Å²) in [5.74, 6) is -0.978. The zero-order valence-electron chi connectivity index (χ0n) is 19.1. The van der Waals surface area contributed by atoms with E-state index in [2.05, 4.69) is 10.6 Å². The fourth-order valence-electron chi connectivity index (χ4n) is 3.98. The van der Waals surface area contributed by atoms with Gasteiger partial charge in [-0.25, -0.2) is 14.0 Å². The highest BCUT2D eigenvalue weighted by Gasteiger charge is 2.54. The van der Waals surface area contributed by atoms with Crippen LogP contribution in [0.2, 0.25) is 0 Å². The van der Waals surface area contributed by atoms with Crippen LogP contribution < -0.4 is 10.6 Å². The number of carbonyl (C=O) groups excluding carboxylic acids is 4. The van der Waals surface area contributed by atoms with Gasteiger partial charge in [0.15, 0.2) is 6.10 Å². The Bertz CT molecular complexity index is 1110. The molecule has 2 N–H and O–H groups in total. The van der Waals surface area contributed by atoms with E-state index in [0.717, 1.165) is 11.1 Å². The number of fused-ring (bicyclic) bond motifs is 1. The van der Waals surface area contributed by atoms with Crippen LogP contribution in [0.1, 0.15) is 17.2 Å². The van der Waals surface area contributed by atoms with Gasteiger partial charge in [0.05, 0.1) is 0 Å². The van der Waals surface area contributed by atoms with Gasteiger partial charge in [-0.3, -0.25) is 14.5 Å². The van der Waals surface area contributed by atoms with Gasteiger partial charge in [0.2, 0.25) is 6.41 Å². The molecule has 0 bridgehead atoms. The van der Waals surface area contributed by atoms with Crippen molar-refractivity contribution in [2.24, 2.45) is 0 Å². The van der Waals surface area contributed by atoms with E-state index < -0.39 is 42.2 Å². The van der Waals surface area contributed by atoms with Crippen LogP contribution in [0.3, 0.4) is 0 Å². The van der Waals surface area contributed by atoms with Crippen molar-refractivity contribution < 1.29 is 33.0 Å². The molecule has 1 saturated heterocycles. The molecule has 1 fully saturated rings. The Morgan fingerprint density at radius 2 is 1.75 bits per heavy atom. The Balaban J connectivity index is 1.63. The summed E-state index contributed by atoms with van der Waals surface area (Å²) in [4.78, 5) is 50.5. The zero-order chi connectivity index (χ0) is 25.5. The maximum absolute atomic E-state index is 13.6. The van der Waals surface area contributed by atoms with E-state index in [1.807, 2.05) is 60.7 Å². The van der Waals surface area contributed by atoms with Crippen LogP contribution in [0, 0.1) is 0 Å². The van der Waals surface area contributed by atoms with Crippen LogP contribution in [-0.4, -0.2) is 66.3 Å². The molecule has 2 heterocycles. The van der Waals surface area contributed by atoms with Gasteiger partial charge >= 0.3 is 12.1 Å². The Kier molecular flexibility index (Phi) is 8.21. The molecule has 2 aliphatic rings. The molecule has 0 saturated carbocycles. The minimum absolute atomic E-state index is 0.0251. The van der Waals surface area contributed by atoms with E-state index in [0.29, 0.717) is 12.0 Å². The number of halogens is 1. The number of rotatable bonds is 10. The molecule has 2 aliphatic heterocycles. The van der Waals surface area contributed by atoms with Crippen LogP contribution in [0.4, 0.5) is 9.18 Å². The van der Waals surface area contributed by atoms with Crippen LogP contribution in [0.5, 0.6) is 0 Å². The first-order valence-corrected chi connectivity index (χ1v) is 12.2. The molecule has 0 aliphatic carbocycles. The zero-order valence-corrected chi connectivity index (χ0v) is 19.9. The molecule has 3 amide bonds. The standard InChI is InChI=1S/C25H24FN3O6S/c26-11-12-27-25(33)34-13-18-14-36-23-19(28-15-30)22(31)29(23)20(18)24(32)35-21(16-7-3-1-4-8-16)17-9-5-2-6-10-17/h1-10,15,19,21,23H,11-14H2,(H,27,33)(H,28,30)/t19-,23-/m1/s1. The van der Waals surface area contributed by atoms with Crippen molar-refractivity contribution in [3.8, 4) is 0 Å². The van der Waals surface area contributed by atoms with E-state index >= 15 is 0 Å². The smallest absolute Gasteiger partial charge is 0.407 e. The molecule has 2 aromatic carbocycles. The number of nitrogens with zero attached hydrogens (tertiary/aromatic N) is 1. The number of thioether (sulfide) groups is 1. The third kappa shape index (κ3) is 5.35. The number of carbonyl (C=O) groups is 4. The number of nitrogens with one attached hydrogen (secondary N) is 2. The molecule has 2 atom stereocenters. The van der Waals surface area contributed by atoms with Crippen molar-refractivity contribution in [2.75, 3.05) is 25.6 Å². The van der Waals surface area contributed by atoms with Crippen molar-refractivity contribution in [3.05, 3.63) is 83.1 Å². The van der Waals surface area contributed by atoms with Crippen molar-refractivity contribution in [2.45, 2.75) is 17.5 Å². The Labute approximate surface area is 211 Å².